The largest absolute Gasteiger partial charge is 0.421 e. The van der Waals surface area contributed by atoms with Crippen molar-refractivity contribution in [3.63, 3.8) is 0 Å². The number of ether oxygens (including phenoxy) is 1. The van der Waals surface area contributed by atoms with Crippen molar-refractivity contribution in [1.29, 1.82) is 0 Å². The van der Waals surface area contributed by atoms with Crippen LogP contribution in [0.1, 0.15) is 27.2 Å². The molecule has 3 aromatic rings. The van der Waals surface area contributed by atoms with Crippen molar-refractivity contribution < 1.29 is 14.1 Å². The van der Waals surface area contributed by atoms with Crippen LogP contribution in [0.3, 0.4) is 0 Å². The van der Waals surface area contributed by atoms with Gasteiger partial charge in [0.15, 0.2) is 11.5 Å². The highest BCUT2D eigenvalue weighted by Crippen LogP contribution is 2.23. The average Bonchev–Trinajstić information content (AvgIpc) is 3.01. The molecule has 23 heavy (non-hydrogen) atoms. The predicted molar refractivity (Wildman–Crippen MR) is 87.6 cm³/mol. The molecule has 0 radical (unpaired) electrons. The van der Waals surface area contributed by atoms with Crippen LogP contribution in [-0.4, -0.2) is 11.1 Å². The number of hydrogen-bond acceptors (Lipinski definition) is 4. The number of aromatic nitrogens is 1. The van der Waals surface area contributed by atoms with Gasteiger partial charge in [-0.05, 0) is 32.4 Å². The Morgan fingerprint density at radius 3 is 2.35 bits per heavy atom. The minimum atomic E-state index is -0.529. The van der Waals surface area contributed by atoms with Crippen LogP contribution >= 0.6 is 0 Å². The van der Waals surface area contributed by atoms with Crippen molar-refractivity contribution >= 4 is 5.97 Å². The molecule has 116 valence electrons. The number of rotatable bonds is 3. The van der Waals surface area contributed by atoms with E-state index in [-0.39, 0.29) is 5.69 Å². The first kappa shape index (κ1) is 15.0. The first-order valence-corrected chi connectivity index (χ1v) is 7.36. The monoisotopic (exact) mass is 307 g/mol. The molecule has 0 amide bonds. The van der Waals surface area contributed by atoms with E-state index in [1.54, 1.807) is 12.1 Å². The molecule has 1 aromatic heterocycles. The van der Waals surface area contributed by atoms with E-state index < -0.39 is 5.97 Å². The molecule has 0 bridgehead atoms. The predicted octanol–water partition coefficient (Wildman–Crippen LogP) is 4.49. The molecule has 2 aromatic carbocycles. The SMILES string of the molecule is Cc1ccc(-c2cc(C(=O)Oc3ccc(C)cc3C)no2)cc1. The molecule has 0 spiro atoms. The second-order valence-electron chi connectivity index (χ2n) is 5.60. The summed E-state index contributed by atoms with van der Waals surface area (Å²) in [4.78, 5) is 12.2. The summed E-state index contributed by atoms with van der Waals surface area (Å²) >= 11 is 0. The lowest BCUT2D eigenvalue weighted by molar-refractivity contribution is 0.0722. The third kappa shape index (κ3) is 3.31. The van der Waals surface area contributed by atoms with Crippen LogP contribution in [-0.2, 0) is 0 Å². The zero-order valence-corrected chi connectivity index (χ0v) is 13.3. The van der Waals surface area contributed by atoms with Crippen molar-refractivity contribution in [1.82, 2.24) is 5.16 Å². The molecule has 0 fully saturated rings. The molecule has 0 saturated carbocycles. The molecule has 0 aliphatic rings. The van der Waals surface area contributed by atoms with Gasteiger partial charge in [-0.25, -0.2) is 4.79 Å². The number of carbonyl (C=O) groups is 1. The zero-order chi connectivity index (χ0) is 16.4. The van der Waals surface area contributed by atoms with Gasteiger partial charge in [-0.2, -0.15) is 0 Å². The van der Waals surface area contributed by atoms with Gasteiger partial charge in [-0.1, -0.05) is 52.7 Å². The Morgan fingerprint density at radius 1 is 0.957 bits per heavy atom. The van der Waals surface area contributed by atoms with Gasteiger partial charge in [0.05, 0.1) is 0 Å². The Kier molecular flexibility index (Phi) is 3.98. The quantitative estimate of drug-likeness (QED) is 0.528. The van der Waals surface area contributed by atoms with Crippen molar-refractivity contribution in [3.05, 3.63) is 70.9 Å². The van der Waals surface area contributed by atoms with Gasteiger partial charge in [-0.3, -0.25) is 0 Å². The summed E-state index contributed by atoms with van der Waals surface area (Å²) < 4.78 is 10.6. The molecule has 0 saturated heterocycles. The van der Waals surface area contributed by atoms with Gasteiger partial charge in [0.2, 0.25) is 0 Å². The maximum absolute atomic E-state index is 12.2. The smallest absolute Gasteiger partial charge is 0.365 e. The highest BCUT2D eigenvalue weighted by molar-refractivity contribution is 5.90. The van der Waals surface area contributed by atoms with E-state index in [0.29, 0.717) is 11.5 Å². The van der Waals surface area contributed by atoms with Gasteiger partial charge < -0.3 is 9.26 Å². The van der Waals surface area contributed by atoms with Crippen molar-refractivity contribution in [2.75, 3.05) is 0 Å². The fourth-order valence-electron chi connectivity index (χ4n) is 2.29. The van der Waals surface area contributed by atoms with Gasteiger partial charge >= 0.3 is 5.97 Å². The summed E-state index contributed by atoms with van der Waals surface area (Å²) in [5, 5.41) is 3.81. The van der Waals surface area contributed by atoms with E-state index in [9.17, 15) is 4.79 Å². The highest BCUT2D eigenvalue weighted by atomic mass is 16.5. The van der Waals surface area contributed by atoms with E-state index in [1.165, 1.54) is 0 Å². The van der Waals surface area contributed by atoms with E-state index in [0.717, 1.165) is 22.3 Å². The zero-order valence-electron chi connectivity index (χ0n) is 13.3. The van der Waals surface area contributed by atoms with Crippen molar-refractivity contribution in [2.24, 2.45) is 0 Å². The Bertz CT molecular complexity index is 847. The van der Waals surface area contributed by atoms with Crippen LogP contribution in [0.5, 0.6) is 5.75 Å². The molecule has 0 aliphatic heterocycles. The summed E-state index contributed by atoms with van der Waals surface area (Å²) in [7, 11) is 0. The minimum Gasteiger partial charge on any atom is -0.421 e. The summed E-state index contributed by atoms with van der Waals surface area (Å²) in [6.45, 7) is 5.90. The number of carbonyl (C=O) groups excluding carboxylic acids is 1. The molecule has 0 unspecified atom stereocenters. The number of hydrogen-bond donors (Lipinski definition) is 0. The Hall–Kier alpha value is -2.88. The second-order valence-corrected chi connectivity index (χ2v) is 5.60. The topological polar surface area (TPSA) is 52.3 Å². The first-order chi connectivity index (χ1) is 11.0. The number of benzene rings is 2. The number of aryl methyl sites for hydroxylation is 3. The van der Waals surface area contributed by atoms with Crippen LogP contribution in [0.2, 0.25) is 0 Å². The van der Waals surface area contributed by atoms with Crippen LogP contribution in [0, 0.1) is 20.8 Å². The molecule has 0 aliphatic carbocycles. The second kappa shape index (κ2) is 6.08. The summed E-state index contributed by atoms with van der Waals surface area (Å²) in [5.41, 5.74) is 4.20. The molecule has 0 atom stereocenters. The molecule has 3 rings (SSSR count). The van der Waals surface area contributed by atoms with Crippen LogP contribution in [0.15, 0.2) is 53.1 Å². The molecule has 0 N–H and O–H groups in total. The summed E-state index contributed by atoms with van der Waals surface area (Å²) in [5.74, 6) is 0.539. The van der Waals surface area contributed by atoms with E-state index in [4.69, 9.17) is 9.26 Å². The molecule has 4 nitrogen and oxygen atoms in total. The lowest BCUT2D eigenvalue weighted by Gasteiger charge is -2.06. The van der Waals surface area contributed by atoms with Crippen LogP contribution < -0.4 is 4.74 Å². The molecular weight excluding hydrogens is 290 g/mol. The summed E-state index contributed by atoms with van der Waals surface area (Å²) in [6, 6.07) is 15.0. The average molecular weight is 307 g/mol. The normalized spacial score (nSPS) is 10.6. The van der Waals surface area contributed by atoms with Gasteiger partial charge in [0.1, 0.15) is 5.75 Å². The van der Waals surface area contributed by atoms with Gasteiger partial charge in [-0.15, -0.1) is 0 Å². The van der Waals surface area contributed by atoms with E-state index in [1.807, 2.05) is 57.2 Å². The fourth-order valence-corrected chi connectivity index (χ4v) is 2.29. The Morgan fingerprint density at radius 2 is 1.65 bits per heavy atom. The number of esters is 1. The van der Waals surface area contributed by atoms with Crippen molar-refractivity contribution in [2.45, 2.75) is 20.8 Å². The Labute approximate surface area is 134 Å². The molecular formula is C19H17NO3. The van der Waals surface area contributed by atoms with Crippen LogP contribution in [0.4, 0.5) is 0 Å². The summed E-state index contributed by atoms with van der Waals surface area (Å²) in [6.07, 6.45) is 0. The third-order valence-corrected chi connectivity index (χ3v) is 3.59. The lowest BCUT2D eigenvalue weighted by Crippen LogP contribution is -2.09. The van der Waals surface area contributed by atoms with Gasteiger partial charge in [0.25, 0.3) is 0 Å². The maximum atomic E-state index is 12.2. The molecule has 4 heteroatoms. The first-order valence-electron chi connectivity index (χ1n) is 7.36. The van der Waals surface area contributed by atoms with Gasteiger partial charge in [0, 0.05) is 11.6 Å². The van der Waals surface area contributed by atoms with Crippen molar-refractivity contribution in [3.8, 4) is 17.1 Å². The standard InChI is InChI=1S/C19H17NO3/c1-12-4-7-15(8-5-12)18-11-16(20-23-18)19(21)22-17-9-6-13(2)10-14(17)3/h4-11H,1-3H3. The molecule has 1 heterocycles. The van der Waals surface area contributed by atoms with Crippen LogP contribution in [0.25, 0.3) is 11.3 Å². The highest BCUT2D eigenvalue weighted by Gasteiger charge is 2.16. The van der Waals surface area contributed by atoms with E-state index >= 15 is 0 Å². The number of nitrogens with zero attached hydrogens (tertiary/aromatic N) is 1. The van der Waals surface area contributed by atoms with E-state index in [2.05, 4.69) is 5.16 Å². The Balaban J connectivity index is 1.79. The minimum absolute atomic E-state index is 0.153. The fraction of sp³-hybridized carbons (Fsp3) is 0.158. The lowest BCUT2D eigenvalue weighted by atomic mass is 10.1. The third-order valence-electron chi connectivity index (χ3n) is 3.59. The maximum Gasteiger partial charge on any atom is 0.365 e.